The summed E-state index contributed by atoms with van der Waals surface area (Å²) in [5.41, 5.74) is 1.51. The van der Waals surface area contributed by atoms with Gasteiger partial charge in [0.15, 0.2) is 11.9 Å². The van der Waals surface area contributed by atoms with Crippen LogP contribution in [0.2, 0.25) is 0 Å². The molecule has 0 aliphatic rings. The van der Waals surface area contributed by atoms with Crippen LogP contribution < -0.4 is 15.2 Å². The molecule has 8 heteroatoms. The number of ether oxygens (including phenoxy) is 1. The van der Waals surface area contributed by atoms with Gasteiger partial charge in [-0.3, -0.25) is 9.59 Å². The van der Waals surface area contributed by atoms with E-state index in [0.717, 1.165) is 0 Å². The summed E-state index contributed by atoms with van der Waals surface area (Å²) < 4.78 is 28.2. The monoisotopic (exact) mass is 424 g/mol. The van der Waals surface area contributed by atoms with Crippen molar-refractivity contribution in [1.29, 1.82) is 0 Å². The predicted molar refractivity (Wildman–Crippen MR) is 113 cm³/mol. The molecule has 0 unspecified atom stereocenters. The molecule has 0 spiro atoms. The third-order valence-electron chi connectivity index (χ3n) is 4.28. The molecule has 0 aromatic heterocycles. The summed E-state index contributed by atoms with van der Waals surface area (Å²) >= 11 is 0. The molecule has 3 N–H and O–H groups in total. The minimum absolute atomic E-state index is 0.0464. The molecule has 1 amide bonds. The number of carbonyl (C=O) groups is 2. The number of hydrogen-bond donors (Lipinski definition) is 2. The minimum atomic E-state index is -3.79. The fraction of sp³-hybridized carbons (Fsp3) is 0.0909. The van der Waals surface area contributed by atoms with Crippen molar-refractivity contribution in [3.05, 3.63) is 90.0 Å². The van der Waals surface area contributed by atoms with E-state index in [0.29, 0.717) is 22.6 Å². The molecule has 30 heavy (non-hydrogen) atoms. The Hall–Kier alpha value is -3.49. The van der Waals surface area contributed by atoms with Crippen LogP contribution in [-0.4, -0.2) is 26.2 Å². The van der Waals surface area contributed by atoms with Crippen molar-refractivity contribution in [3.63, 3.8) is 0 Å². The second-order valence-corrected chi connectivity index (χ2v) is 8.10. The maximum absolute atomic E-state index is 12.4. The Balaban J connectivity index is 1.60. The number of rotatable bonds is 7. The van der Waals surface area contributed by atoms with E-state index in [1.807, 2.05) is 6.07 Å². The Morgan fingerprint density at radius 1 is 0.867 bits per heavy atom. The first kappa shape index (κ1) is 21.2. The second kappa shape index (κ2) is 8.89. The maximum Gasteiger partial charge on any atom is 0.265 e. The zero-order valence-electron chi connectivity index (χ0n) is 16.1. The number of nitrogens with two attached hydrogens (primary N) is 1. The lowest BCUT2D eigenvalue weighted by molar-refractivity contribution is -0.122. The Morgan fingerprint density at radius 2 is 1.43 bits per heavy atom. The van der Waals surface area contributed by atoms with Gasteiger partial charge in [0.25, 0.3) is 5.91 Å². The smallest absolute Gasteiger partial charge is 0.265 e. The van der Waals surface area contributed by atoms with Crippen molar-refractivity contribution in [2.45, 2.75) is 17.9 Å². The lowest BCUT2D eigenvalue weighted by Gasteiger charge is -2.15. The van der Waals surface area contributed by atoms with E-state index in [1.54, 1.807) is 55.5 Å². The zero-order chi connectivity index (χ0) is 21.7. The zero-order valence-corrected chi connectivity index (χ0v) is 16.9. The van der Waals surface area contributed by atoms with Crippen LogP contribution in [0, 0.1) is 0 Å². The van der Waals surface area contributed by atoms with Gasteiger partial charge in [-0.05, 0) is 55.5 Å². The van der Waals surface area contributed by atoms with Gasteiger partial charge in [-0.2, -0.15) is 0 Å². The van der Waals surface area contributed by atoms with Crippen LogP contribution in [0.25, 0.3) is 0 Å². The van der Waals surface area contributed by atoms with E-state index in [4.69, 9.17) is 9.88 Å². The van der Waals surface area contributed by atoms with Gasteiger partial charge < -0.3 is 10.1 Å². The summed E-state index contributed by atoms with van der Waals surface area (Å²) in [4.78, 5) is 24.7. The lowest BCUT2D eigenvalue weighted by atomic mass is 10.0. The quantitative estimate of drug-likeness (QED) is 0.566. The summed E-state index contributed by atoms with van der Waals surface area (Å²) in [6.45, 7) is 1.58. The normalized spacial score (nSPS) is 12.1. The molecule has 154 valence electrons. The second-order valence-electron chi connectivity index (χ2n) is 6.54. The van der Waals surface area contributed by atoms with Crippen molar-refractivity contribution in [1.82, 2.24) is 0 Å². The van der Waals surface area contributed by atoms with E-state index < -0.39 is 22.0 Å². The molecule has 0 radical (unpaired) electrons. The summed E-state index contributed by atoms with van der Waals surface area (Å²) in [6, 6.07) is 20.9. The van der Waals surface area contributed by atoms with E-state index in [2.05, 4.69) is 5.32 Å². The van der Waals surface area contributed by atoms with Gasteiger partial charge in [-0.15, -0.1) is 0 Å². The van der Waals surface area contributed by atoms with Crippen LogP contribution in [-0.2, 0) is 14.8 Å². The summed E-state index contributed by atoms with van der Waals surface area (Å²) in [5, 5.41) is 7.69. The van der Waals surface area contributed by atoms with Crippen molar-refractivity contribution in [2.75, 3.05) is 5.32 Å². The van der Waals surface area contributed by atoms with Crippen LogP contribution in [0.3, 0.4) is 0 Å². The van der Waals surface area contributed by atoms with Crippen molar-refractivity contribution in [2.24, 2.45) is 5.14 Å². The highest BCUT2D eigenvalue weighted by atomic mass is 32.2. The van der Waals surface area contributed by atoms with Gasteiger partial charge in [0.1, 0.15) is 5.75 Å². The minimum Gasteiger partial charge on any atom is -0.481 e. The van der Waals surface area contributed by atoms with Crippen LogP contribution in [0.5, 0.6) is 5.75 Å². The molecule has 3 aromatic rings. The highest BCUT2D eigenvalue weighted by Crippen LogP contribution is 2.18. The Kier molecular flexibility index (Phi) is 6.29. The first-order valence-electron chi connectivity index (χ1n) is 9.04. The molecule has 0 aliphatic heterocycles. The third kappa shape index (κ3) is 5.31. The molecule has 0 heterocycles. The van der Waals surface area contributed by atoms with Crippen LogP contribution in [0.1, 0.15) is 22.8 Å². The molecule has 7 nitrogen and oxygen atoms in total. The summed E-state index contributed by atoms with van der Waals surface area (Å²) in [6.07, 6.45) is -0.821. The number of ketones is 1. The van der Waals surface area contributed by atoms with E-state index >= 15 is 0 Å². The number of benzene rings is 3. The van der Waals surface area contributed by atoms with Gasteiger partial charge in [0.2, 0.25) is 10.0 Å². The fourth-order valence-corrected chi connectivity index (χ4v) is 3.19. The maximum atomic E-state index is 12.4. The molecular formula is C22H20N2O5S. The molecule has 0 bridgehead atoms. The average molecular weight is 424 g/mol. The number of amides is 1. The molecular weight excluding hydrogens is 404 g/mol. The van der Waals surface area contributed by atoms with Gasteiger partial charge in [0.05, 0.1) is 4.90 Å². The van der Waals surface area contributed by atoms with Gasteiger partial charge in [-0.25, -0.2) is 13.6 Å². The Morgan fingerprint density at radius 3 is 2.00 bits per heavy atom. The van der Waals surface area contributed by atoms with Crippen molar-refractivity contribution < 1.29 is 22.7 Å². The largest absolute Gasteiger partial charge is 0.481 e. The van der Waals surface area contributed by atoms with Crippen molar-refractivity contribution >= 4 is 27.4 Å². The highest BCUT2D eigenvalue weighted by molar-refractivity contribution is 7.89. The topological polar surface area (TPSA) is 116 Å². The molecule has 0 saturated carbocycles. The number of nitrogens with one attached hydrogen (secondary N) is 1. The van der Waals surface area contributed by atoms with Crippen LogP contribution in [0.15, 0.2) is 83.8 Å². The number of primary sulfonamides is 1. The molecule has 3 rings (SSSR count). The molecule has 1 atom stereocenters. The summed E-state index contributed by atoms with van der Waals surface area (Å²) in [5.74, 6) is -0.0782. The number of sulfonamides is 1. The first-order valence-corrected chi connectivity index (χ1v) is 10.6. The number of carbonyl (C=O) groups excluding carboxylic acids is 2. The van der Waals surface area contributed by atoms with E-state index in [1.165, 1.54) is 24.3 Å². The first-order chi connectivity index (χ1) is 14.2. The van der Waals surface area contributed by atoms with Gasteiger partial charge >= 0.3 is 0 Å². The standard InChI is InChI=1S/C22H20N2O5S/c1-15(22(26)24-18-9-13-20(14-10-18)30(23,27)28)29-19-11-7-17(8-12-19)21(25)16-5-3-2-4-6-16/h2-15H,1H3,(H,24,26)(H2,23,27,28)/t15-/m0/s1. The number of anilines is 1. The highest BCUT2D eigenvalue weighted by Gasteiger charge is 2.16. The third-order valence-corrected chi connectivity index (χ3v) is 5.21. The SMILES string of the molecule is C[C@H](Oc1ccc(C(=O)c2ccccc2)cc1)C(=O)Nc1ccc(S(N)(=O)=O)cc1. The fourth-order valence-electron chi connectivity index (χ4n) is 2.67. The van der Waals surface area contributed by atoms with E-state index in [-0.39, 0.29) is 10.7 Å². The number of hydrogen-bond acceptors (Lipinski definition) is 5. The van der Waals surface area contributed by atoms with Gasteiger partial charge in [0, 0.05) is 16.8 Å². The summed E-state index contributed by atoms with van der Waals surface area (Å²) in [7, 11) is -3.79. The van der Waals surface area contributed by atoms with Crippen molar-refractivity contribution in [3.8, 4) is 5.75 Å². The molecule has 0 fully saturated rings. The molecule has 3 aromatic carbocycles. The molecule has 0 aliphatic carbocycles. The predicted octanol–water partition coefficient (Wildman–Crippen LogP) is 2.97. The van der Waals surface area contributed by atoms with Gasteiger partial charge in [-0.1, -0.05) is 30.3 Å². The average Bonchev–Trinajstić information content (AvgIpc) is 2.74. The van der Waals surface area contributed by atoms with Crippen LogP contribution in [0.4, 0.5) is 5.69 Å². The van der Waals surface area contributed by atoms with Crippen LogP contribution >= 0.6 is 0 Å². The Labute approximate surface area is 174 Å². The molecule has 0 saturated heterocycles. The lowest BCUT2D eigenvalue weighted by Crippen LogP contribution is -2.30. The Bertz CT molecular complexity index is 1140. The van der Waals surface area contributed by atoms with E-state index in [9.17, 15) is 18.0 Å².